The smallest absolute Gasteiger partial charge is 0.413 e. The fourth-order valence-corrected chi connectivity index (χ4v) is 4.64. The summed E-state index contributed by atoms with van der Waals surface area (Å²) in [7, 11) is 1.45. The van der Waals surface area contributed by atoms with Gasteiger partial charge < -0.3 is 15.8 Å². The summed E-state index contributed by atoms with van der Waals surface area (Å²) >= 11 is 6.06. The first-order valence-corrected chi connectivity index (χ1v) is 12.4. The molecule has 0 aliphatic heterocycles. The molecule has 0 bridgehead atoms. The minimum Gasteiger partial charge on any atom is -0.441 e. The van der Waals surface area contributed by atoms with Crippen molar-refractivity contribution in [2.45, 2.75) is 37.2 Å². The molecule has 1 aliphatic carbocycles. The maximum Gasteiger partial charge on any atom is 0.413 e. The minimum absolute atomic E-state index is 0.00245. The van der Waals surface area contributed by atoms with Crippen LogP contribution in [0.4, 0.5) is 19.3 Å². The van der Waals surface area contributed by atoms with E-state index in [0.29, 0.717) is 11.1 Å². The van der Waals surface area contributed by atoms with Gasteiger partial charge in [-0.1, -0.05) is 23.7 Å². The Morgan fingerprint density at radius 1 is 1.12 bits per heavy atom. The second-order valence-corrected chi connectivity index (χ2v) is 9.71. The van der Waals surface area contributed by atoms with E-state index in [1.54, 1.807) is 31.2 Å². The lowest BCUT2D eigenvalue weighted by Gasteiger charge is -2.45. The number of anilines is 1. The average molecular weight is 573 g/mol. The second kappa shape index (κ2) is 11.4. The van der Waals surface area contributed by atoms with E-state index in [2.05, 4.69) is 25.6 Å². The Morgan fingerprint density at radius 3 is 2.42 bits per heavy atom. The topological polar surface area (TPSA) is 161 Å². The fourth-order valence-electron chi connectivity index (χ4n) is 4.37. The second-order valence-electron chi connectivity index (χ2n) is 9.35. The molecule has 0 unspecified atom stereocenters. The standard InChI is InChI=1S/C26H27ClF2N8O3/c1-15(18-6-4-10-33-21(18)27)40-24(39)36-22(37(2)31)20(30)19-8-7-17(12-34-19)35-23(38)25(13-26(28,29)14-25)16-5-3-9-32-11-16/h3-12,15H,13-14,30-31H2,1-2H3,(H,35,38)(H,36,39)/b22-20-/t15-/m1/s1. The van der Waals surface area contributed by atoms with Crippen LogP contribution in [0.5, 0.6) is 0 Å². The maximum atomic E-state index is 13.9. The molecule has 2 amide bonds. The van der Waals surface area contributed by atoms with Gasteiger partial charge in [0.05, 0.1) is 23.0 Å². The van der Waals surface area contributed by atoms with Gasteiger partial charge in [0.25, 0.3) is 5.92 Å². The molecule has 1 atom stereocenters. The van der Waals surface area contributed by atoms with Crippen molar-refractivity contribution in [1.82, 2.24) is 25.3 Å². The summed E-state index contributed by atoms with van der Waals surface area (Å²) in [6.45, 7) is 1.62. The van der Waals surface area contributed by atoms with Crippen LogP contribution in [0, 0.1) is 0 Å². The SMILES string of the molecule is C[C@@H](OC(=O)N/C(=C(/N)c1ccc(NC(=O)C2(c3cccnc3)CC(F)(F)C2)cn1)N(C)N)c1cccnc1Cl. The summed E-state index contributed by atoms with van der Waals surface area (Å²) in [4.78, 5) is 37.8. The number of pyridine rings is 3. The largest absolute Gasteiger partial charge is 0.441 e. The van der Waals surface area contributed by atoms with Crippen molar-refractivity contribution >= 4 is 35.0 Å². The van der Waals surface area contributed by atoms with Gasteiger partial charge in [0.2, 0.25) is 5.91 Å². The Balaban J connectivity index is 1.47. The molecule has 1 fully saturated rings. The number of aromatic nitrogens is 3. The number of alkyl halides is 2. The lowest BCUT2D eigenvalue weighted by Crippen LogP contribution is -2.56. The molecule has 210 valence electrons. The molecule has 0 aromatic carbocycles. The monoisotopic (exact) mass is 572 g/mol. The Hall–Kier alpha value is -4.36. The number of hydrazine groups is 1. The summed E-state index contributed by atoms with van der Waals surface area (Å²) in [5.74, 6) is 2.32. The Bertz CT molecular complexity index is 1410. The lowest BCUT2D eigenvalue weighted by molar-refractivity contribution is -0.154. The molecule has 3 heterocycles. The zero-order valence-corrected chi connectivity index (χ0v) is 22.3. The van der Waals surface area contributed by atoms with Crippen molar-refractivity contribution in [3.8, 4) is 0 Å². The first-order valence-electron chi connectivity index (χ1n) is 12.0. The third-order valence-electron chi connectivity index (χ3n) is 6.40. The number of alkyl carbamates (subject to hydrolysis) is 1. The molecule has 6 N–H and O–H groups in total. The molecule has 40 heavy (non-hydrogen) atoms. The molecule has 1 saturated carbocycles. The number of ether oxygens (including phenoxy) is 1. The number of nitrogens with zero attached hydrogens (tertiary/aromatic N) is 4. The number of carbonyl (C=O) groups is 2. The fraction of sp³-hybridized carbons (Fsp3) is 0.269. The molecular weight excluding hydrogens is 546 g/mol. The highest BCUT2D eigenvalue weighted by molar-refractivity contribution is 6.30. The Labute approximate surface area is 233 Å². The number of hydrogen-bond acceptors (Lipinski definition) is 9. The highest BCUT2D eigenvalue weighted by Crippen LogP contribution is 2.53. The van der Waals surface area contributed by atoms with Gasteiger partial charge in [-0.2, -0.15) is 0 Å². The van der Waals surface area contributed by atoms with Crippen molar-refractivity contribution in [2.24, 2.45) is 11.6 Å². The molecule has 0 spiro atoms. The number of halogens is 3. The Morgan fingerprint density at radius 2 is 1.85 bits per heavy atom. The molecule has 1 aliphatic rings. The summed E-state index contributed by atoms with van der Waals surface area (Å²) < 4.78 is 33.1. The maximum absolute atomic E-state index is 13.9. The van der Waals surface area contributed by atoms with Crippen molar-refractivity contribution in [3.05, 3.63) is 89.0 Å². The summed E-state index contributed by atoms with van der Waals surface area (Å²) in [6.07, 6.45) is 2.91. The van der Waals surface area contributed by atoms with Gasteiger partial charge >= 0.3 is 6.09 Å². The van der Waals surface area contributed by atoms with E-state index in [-0.39, 0.29) is 28.1 Å². The number of nitrogens with one attached hydrogen (secondary N) is 2. The van der Waals surface area contributed by atoms with Crippen molar-refractivity contribution in [2.75, 3.05) is 12.4 Å². The van der Waals surface area contributed by atoms with Crippen LogP contribution in [0.25, 0.3) is 5.70 Å². The van der Waals surface area contributed by atoms with Crippen LogP contribution in [-0.4, -0.2) is 44.9 Å². The molecule has 0 radical (unpaired) electrons. The van der Waals surface area contributed by atoms with E-state index in [1.807, 2.05) is 0 Å². The van der Waals surface area contributed by atoms with Crippen molar-refractivity contribution in [1.29, 1.82) is 0 Å². The van der Waals surface area contributed by atoms with Crippen LogP contribution < -0.4 is 22.2 Å². The average Bonchev–Trinajstić information content (AvgIpc) is 2.90. The van der Waals surface area contributed by atoms with Gasteiger partial charge in [0.15, 0.2) is 5.82 Å². The highest BCUT2D eigenvalue weighted by Gasteiger charge is 2.61. The number of nitrogens with two attached hydrogens (primary N) is 2. The van der Waals surface area contributed by atoms with E-state index in [4.69, 9.17) is 27.9 Å². The molecule has 14 heteroatoms. The number of amides is 2. The molecule has 4 rings (SSSR count). The van der Waals surface area contributed by atoms with Gasteiger partial charge in [-0.3, -0.25) is 25.1 Å². The summed E-state index contributed by atoms with van der Waals surface area (Å²) in [5.41, 5.74) is 6.21. The molecule has 11 nitrogen and oxygen atoms in total. The van der Waals surface area contributed by atoms with Crippen LogP contribution in [0.15, 0.2) is 67.0 Å². The molecular formula is C26H27ClF2N8O3. The van der Waals surface area contributed by atoms with E-state index in [9.17, 15) is 18.4 Å². The molecule has 0 saturated heterocycles. The van der Waals surface area contributed by atoms with Crippen LogP contribution in [-0.2, 0) is 14.9 Å². The van der Waals surface area contributed by atoms with E-state index < -0.39 is 42.3 Å². The van der Waals surface area contributed by atoms with Crippen LogP contribution in [0.2, 0.25) is 5.15 Å². The van der Waals surface area contributed by atoms with Crippen LogP contribution in [0.1, 0.15) is 42.7 Å². The summed E-state index contributed by atoms with van der Waals surface area (Å²) in [6, 6.07) is 9.51. The van der Waals surface area contributed by atoms with Crippen LogP contribution in [0.3, 0.4) is 0 Å². The van der Waals surface area contributed by atoms with E-state index >= 15 is 0 Å². The van der Waals surface area contributed by atoms with Crippen molar-refractivity contribution in [3.63, 3.8) is 0 Å². The van der Waals surface area contributed by atoms with Gasteiger partial charge in [-0.15, -0.1) is 0 Å². The van der Waals surface area contributed by atoms with E-state index in [1.165, 1.54) is 44.0 Å². The normalized spacial score (nSPS) is 16.6. The third kappa shape index (κ3) is 6.10. The molecule has 3 aromatic heterocycles. The highest BCUT2D eigenvalue weighted by atomic mass is 35.5. The van der Waals surface area contributed by atoms with Gasteiger partial charge in [-0.05, 0) is 36.8 Å². The Kier molecular flexibility index (Phi) is 8.16. The zero-order valence-electron chi connectivity index (χ0n) is 21.6. The third-order valence-corrected chi connectivity index (χ3v) is 6.72. The molecule has 3 aromatic rings. The van der Waals surface area contributed by atoms with Gasteiger partial charge in [-0.25, -0.2) is 24.4 Å². The number of rotatable bonds is 8. The zero-order chi connectivity index (χ0) is 29.1. The number of hydrogen-bond donors (Lipinski definition) is 4. The predicted octanol–water partition coefficient (Wildman–Crippen LogP) is 3.71. The minimum atomic E-state index is -2.95. The first-order chi connectivity index (χ1) is 18.9. The lowest BCUT2D eigenvalue weighted by atomic mass is 9.61. The van der Waals surface area contributed by atoms with Crippen LogP contribution >= 0.6 is 11.6 Å². The van der Waals surface area contributed by atoms with Gasteiger partial charge in [0.1, 0.15) is 17.0 Å². The first kappa shape index (κ1) is 28.6. The number of carbonyl (C=O) groups excluding carboxylic acids is 2. The summed E-state index contributed by atoms with van der Waals surface area (Å²) in [5, 5.41) is 6.41. The van der Waals surface area contributed by atoms with Crippen molar-refractivity contribution < 1.29 is 23.1 Å². The predicted molar refractivity (Wildman–Crippen MR) is 143 cm³/mol. The van der Waals surface area contributed by atoms with Gasteiger partial charge in [0, 0.05) is 44.0 Å². The van der Waals surface area contributed by atoms with E-state index in [0.717, 1.165) is 5.01 Å². The quantitative estimate of drug-likeness (QED) is 0.179.